The van der Waals surface area contributed by atoms with Crippen molar-refractivity contribution in [1.82, 2.24) is 9.88 Å². The lowest BCUT2D eigenvalue weighted by atomic mass is 10.0. The van der Waals surface area contributed by atoms with Crippen molar-refractivity contribution in [2.45, 2.75) is 33.2 Å². The Morgan fingerprint density at radius 3 is 2.67 bits per heavy atom. The van der Waals surface area contributed by atoms with E-state index in [1.165, 1.54) is 17.4 Å². The van der Waals surface area contributed by atoms with Crippen LogP contribution in [0, 0.1) is 12.8 Å². The first-order valence-electron chi connectivity index (χ1n) is 7.82. The van der Waals surface area contributed by atoms with E-state index >= 15 is 0 Å². The van der Waals surface area contributed by atoms with Gasteiger partial charge in [-0.05, 0) is 43.7 Å². The minimum Gasteiger partial charge on any atom is -0.329 e. The molecular formula is C18H27N3. The summed E-state index contributed by atoms with van der Waals surface area (Å²) in [7, 11) is 2.17. The van der Waals surface area contributed by atoms with Crippen LogP contribution in [0.15, 0.2) is 30.3 Å². The Labute approximate surface area is 128 Å². The molecule has 3 nitrogen and oxygen atoms in total. The molecule has 0 amide bonds. The van der Waals surface area contributed by atoms with Crippen molar-refractivity contribution in [3.8, 4) is 0 Å². The highest BCUT2D eigenvalue weighted by atomic mass is 15.1. The fourth-order valence-corrected chi connectivity index (χ4v) is 2.77. The van der Waals surface area contributed by atoms with Crippen molar-refractivity contribution in [1.29, 1.82) is 0 Å². The molecule has 3 heteroatoms. The molecule has 0 bridgehead atoms. The van der Waals surface area contributed by atoms with Crippen LogP contribution in [0.2, 0.25) is 0 Å². The summed E-state index contributed by atoms with van der Waals surface area (Å²) in [6.45, 7) is 8.26. The average Bonchev–Trinajstić information content (AvgIpc) is 2.47. The summed E-state index contributed by atoms with van der Waals surface area (Å²) in [6.07, 6.45) is 1.20. The number of aromatic nitrogens is 1. The van der Waals surface area contributed by atoms with Crippen LogP contribution in [0.1, 0.15) is 37.6 Å². The quantitative estimate of drug-likeness (QED) is 0.883. The summed E-state index contributed by atoms with van der Waals surface area (Å²) in [4.78, 5) is 6.94. The maximum absolute atomic E-state index is 6.03. The molecule has 114 valence electrons. The molecule has 0 saturated heterocycles. The minimum absolute atomic E-state index is 0.268. The Balaban J connectivity index is 2.27. The Hall–Kier alpha value is -1.45. The summed E-state index contributed by atoms with van der Waals surface area (Å²) in [5, 5.41) is 1.19. The number of nitrogens with two attached hydrogens (primary N) is 1. The van der Waals surface area contributed by atoms with Gasteiger partial charge in [0.15, 0.2) is 0 Å². The molecule has 0 aliphatic carbocycles. The molecule has 0 aliphatic rings. The first-order chi connectivity index (χ1) is 10.0. The predicted molar refractivity (Wildman–Crippen MR) is 90.4 cm³/mol. The zero-order valence-corrected chi connectivity index (χ0v) is 13.6. The van der Waals surface area contributed by atoms with Gasteiger partial charge in [-0.25, -0.2) is 0 Å². The number of aryl methyl sites for hydroxylation is 1. The second-order valence-electron chi connectivity index (χ2n) is 6.11. The summed E-state index contributed by atoms with van der Waals surface area (Å²) in [6, 6.07) is 11.0. The highest BCUT2D eigenvalue weighted by Gasteiger charge is 2.17. The SMILES string of the molecule is CCC(C)CN(C)C(CN)c1ccc2nc(C)ccc2c1. The van der Waals surface area contributed by atoms with Crippen molar-refractivity contribution in [2.24, 2.45) is 11.7 Å². The Morgan fingerprint density at radius 1 is 1.24 bits per heavy atom. The lowest BCUT2D eigenvalue weighted by Crippen LogP contribution is -2.33. The summed E-state index contributed by atoms with van der Waals surface area (Å²) in [5.74, 6) is 0.689. The number of pyridine rings is 1. The van der Waals surface area contributed by atoms with Crippen LogP contribution in [0.3, 0.4) is 0 Å². The predicted octanol–water partition coefficient (Wildman–Crippen LogP) is 3.52. The molecule has 2 N–H and O–H groups in total. The fourth-order valence-electron chi connectivity index (χ4n) is 2.77. The van der Waals surface area contributed by atoms with E-state index in [1.807, 2.05) is 6.92 Å². The van der Waals surface area contributed by atoms with Gasteiger partial charge in [-0.15, -0.1) is 0 Å². The number of rotatable bonds is 6. The van der Waals surface area contributed by atoms with Crippen LogP contribution in [-0.2, 0) is 0 Å². The van der Waals surface area contributed by atoms with Gasteiger partial charge in [0.05, 0.1) is 5.52 Å². The lowest BCUT2D eigenvalue weighted by Gasteiger charge is -2.29. The third-order valence-electron chi connectivity index (χ3n) is 4.29. The Bertz CT molecular complexity index is 594. The molecule has 2 rings (SSSR count). The molecule has 0 saturated carbocycles. The molecule has 1 heterocycles. The molecule has 0 radical (unpaired) electrons. The third kappa shape index (κ3) is 3.80. The standard InChI is InChI=1S/C18H27N3/c1-5-13(2)12-21(4)18(11-19)16-8-9-17-15(10-16)7-6-14(3)20-17/h6-10,13,18H,5,11-12,19H2,1-4H3. The molecule has 0 spiro atoms. The maximum Gasteiger partial charge on any atom is 0.0705 e. The van der Waals surface area contributed by atoms with E-state index in [4.69, 9.17) is 5.73 Å². The first-order valence-corrected chi connectivity index (χ1v) is 7.82. The Morgan fingerprint density at radius 2 is 2.00 bits per heavy atom. The third-order valence-corrected chi connectivity index (χ3v) is 4.29. The fraction of sp³-hybridized carbons (Fsp3) is 0.500. The van der Waals surface area contributed by atoms with E-state index in [2.05, 4.69) is 61.1 Å². The molecule has 2 atom stereocenters. The first kappa shape index (κ1) is 15.9. The van der Waals surface area contributed by atoms with Gasteiger partial charge in [-0.1, -0.05) is 32.4 Å². The van der Waals surface area contributed by atoms with Gasteiger partial charge < -0.3 is 5.73 Å². The zero-order valence-electron chi connectivity index (χ0n) is 13.6. The van der Waals surface area contributed by atoms with E-state index in [9.17, 15) is 0 Å². The lowest BCUT2D eigenvalue weighted by molar-refractivity contribution is 0.215. The van der Waals surface area contributed by atoms with E-state index in [0.29, 0.717) is 12.5 Å². The molecule has 2 aromatic rings. The van der Waals surface area contributed by atoms with Gasteiger partial charge >= 0.3 is 0 Å². The molecular weight excluding hydrogens is 258 g/mol. The van der Waals surface area contributed by atoms with Gasteiger partial charge in [-0.2, -0.15) is 0 Å². The van der Waals surface area contributed by atoms with Crippen LogP contribution >= 0.6 is 0 Å². The van der Waals surface area contributed by atoms with Crippen LogP contribution in [0.5, 0.6) is 0 Å². The normalized spacial score (nSPS) is 14.6. The van der Waals surface area contributed by atoms with Gasteiger partial charge in [0, 0.05) is 30.2 Å². The minimum atomic E-state index is 0.268. The smallest absolute Gasteiger partial charge is 0.0705 e. The molecule has 21 heavy (non-hydrogen) atoms. The van der Waals surface area contributed by atoms with E-state index in [1.54, 1.807) is 0 Å². The molecule has 2 unspecified atom stereocenters. The van der Waals surface area contributed by atoms with Gasteiger partial charge in [0.2, 0.25) is 0 Å². The number of benzene rings is 1. The topological polar surface area (TPSA) is 42.1 Å². The van der Waals surface area contributed by atoms with Crippen molar-refractivity contribution in [3.05, 3.63) is 41.6 Å². The second kappa shape index (κ2) is 7.01. The van der Waals surface area contributed by atoms with Crippen molar-refractivity contribution >= 4 is 10.9 Å². The number of fused-ring (bicyclic) bond motifs is 1. The highest BCUT2D eigenvalue weighted by molar-refractivity contribution is 5.79. The van der Waals surface area contributed by atoms with Crippen molar-refractivity contribution in [2.75, 3.05) is 20.1 Å². The van der Waals surface area contributed by atoms with Crippen molar-refractivity contribution < 1.29 is 0 Å². The number of hydrogen-bond donors (Lipinski definition) is 1. The van der Waals surface area contributed by atoms with Gasteiger partial charge in [0.1, 0.15) is 0 Å². The molecule has 0 fully saturated rings. The van der Waals surface area contributed by atoms with Crippen LogP contribution < -0.4 is 5.73 Å². The van der Waals surface area contributed by atoms with Crippen molar-refractivity contribution in [3.63, 3.8) is 0 Å². The van der Waals surface area contributed by atoms with E-state index in [-0.39, 0.29) is 6.04 Å². The molecule has 1 aromatic heterocycles. The van der Waals surface area contributed by atoms with Gasteiger partial charge in [0.25, 0.3) is 0 Å². The van der Waals surface area contributed by atoms with Crippen LogP contribution in [0.25, 0.3) is 10.9 Å². The number of hydrogen-bond acceptors (Lipinski definition) is 3. The second-order valence-corrected chi connectivity index (χ2v) is 6.11. The van der Waals surface area contributed by atoms with Gasteiger partial charge in [-0.3, -0.25) is 9.88 Å². The number of likely N-dealkylation sites (N-methyl/N-ethyl adjacent to an activating group) is 1. The Kier molecular flexibility index (Phi) is 5.32. The van der Waals surface area contributed by atoms with E-state index < -0.39 is 0 Å². The molecule has 0 aliphatic heterocycles. The zero-order chi connectivity index (χ0) is 15.4. The highest BCUT2D eigenvalue weighted by Crippen LogP contribution is 2.24. The van der Waals surface area contributed by atoms with Crippen LogP contribution in [0.4, 0.5) is 0 Å². The summed E-state index contributed by atoms with van der Waals surface area (Å²) in [5.41, 5.74) is 9.42. The monoisotopic (exact) mass is 285 g/mol. The maximum atomic E-state index is 6.03. The summed E-state index contributed by atoms with van der Waals surface area (Å²) >= 11 is 0. The van der Waals surface area contributed by atoms with Crippen LogP contribution in [-0.4, -0.2) is 30.0 Å². The largest absolute Gasteiger partial charge is 0.329 e. The number of nitrogens with zero attached hydrogens (tertiary/aromatic N) is 2. The summed E-state index contributed by atoms with van der Waals surface area (Å²) < 4.78 is 0. The molecule has 1 aromatic carbocycles. The average molecular weight is 285 g/mol. The van der Waals surface area contributed by atoms with E-state index in [0.717, 1.165) is 17.8 Å².